The molecule has 46 heavy (non-hydrogen) atoms. The maximum absolute atomic E-state index is 13.1. The molecular weight excluding hydrogens is 613 g/mol. The number of aromatic nitrogens is 3. The zero-order valence-electron chi connectivity index (χ0n) is 25.8. The predicted octanol–water partition coefficient (Wildman–Crippen LogP) is 8.05. The van der Waals surface area contributed by atoms with Crippen molar-refractivity contribution in [3.8, 4) is 22.8 Å². The van der Waals surface area contributed by atoms with Crippen LogP contribution < -0.4 is 15.0 Å². The van der Waals surface area contributed by atoms with Crippen LogP contribution in [0.1, 0.15) is 55.7 Å². The van der Waals surface area contributed by atoms with Crippen molar-refractivity contribution >= 4 is 28.6 Å². The third kappa shape index (κ3) is 7.38. The molecule has 2 amide bonds. The molecule has 1 saturated carbocycles. The molecule has 2 heterocycles. The number of nitrogens with zero attached hydrogens (tertiary/aromatic N) is 5. The number of thioether (sulfide) groups is 1. The highest BCUT2D eigenvalue weighted by molar-refractivity contribution is 8.14. The molecule has 12 heteroatoms. The molecule has 1 aliphatic heterocycles. The first-order valence-corrected chi connectivity index (χ1v) is 16.4. The molecule has 1 aliphatic carbocycles. The van der Waals surface area contributed by atoms with Crippen LogP contribution in [-0.4, -0.2) is 50.2 Å². The highest BCUT2D eigenvalue weighted by atomic mass is 32.2. The number of benzene rings is 3. The fraction of sp³-hybridized carbons (Fsp3) is 0.353. The first-order valence-electron chi connectivity index (χ1n) is 15.4. The van der Waals surface area contributed by atoms with Gasteiger partial charge in [0.25, 0.3) is 0 Å². The molecule has 4 aromatic rings. The molecule has 3 unspecified atom stereocenters. The van der Waals surface area contributed by atoms with Gasteiger partial charge in [-0.25, -0.2) is 14.5 Å². The Morgan fingerprint density at radius 3 is 2.59 bits per heavy atom. The Hall–Kier alpha value is -4.32. The molecule has 0 bridgehead atoms. The summed E-state index contributed by atoms with van der Waals surface area (Å²) >= 11 is 1.63. The first kappa shape index (κ1) is 31.7. The van der Waals surface area contributed by atoms with E-state index in [2.05, 4.69) is 69.0 Å². The minimum Gasteiger partial charge on any atom is -0.406 e. The fourth-order valence-electron chi connectivity index (χ4n) is 5.71. The Kier molecular flexibility index (Phi) is 9.08. The van der Waals surface area contributed by atoms with Crippen molar-refractivity contribution in [2.45, 2.75) is 70.8 Å². The summed E-state index contributed by atoms with van der Waals surface area (Å²) in [5, 5.41) is 8.33. The van der Waals surface area contributed by atoms with Crippen molar-refractivity contribution in [1.29, 1.82) is 0 Å². The summed E-state index contributed by atoms with van der Waals surface area (Å²) in [5.41, 5.74) is 6.06. The van der Waals surface area contributed by atoms with Gasteiger partial charge in [0.2, 0.25) is 0 Å². The van der Waals surface area contributed by atoms with Gasteiger partial charge < -0.3 is 15.0 Å². The van der Waals surface area contributed by atoms with Crippen LogP contribution in [0.5, 0.6) is 5.75 Å². The van der Waals surface area contributed by atoms with Gasteiger partial charge >= 0.3 is 12.4 Å². The number of hydrogen-bond acceptors (Lipinski definition) is 5. The Labute approximate surface area is 270 Å². The van der Waals surface area contributed by atoms with Gasteiger partial charge in [-0.05, 0) is 80.1 Å². The van der Waals surface area contributed by atoms with Crippen LogP contribution in [0.4, 0.5) is 23.7 Å². The number of aryl methyl sites for hydroxylation is 2. The third-order valence-electron chi connectivity index (χ3n) is 8.15. The number of amidine groups is 1. The Bertz CT molecular complexity index is 1720. The Morgan fingerprint density at radius 2 is 1.87 bits per heavy atom. The van der Waals surface area contributed by atoms with Crippen LogP contribution in [0.2, 0.25) is 0 Å². The molecule has 2 aliphatic rings. The lowest BCUT2D eigenvalue weighted by Crippen LogP contribution is -2.42. The van der Waals surface area contributed by atoms with Crippen LogP contribution in [0.25, 0.3) is 17.1 Å². The highest BCUT2D eigenvalue weighted by Gasteiger charge is 2.40. The van der Waals surface area contributed by atoms with Crippen LogP contribution in [-0.2, 0) is 6.42 Å². The molecular formula is C34H35F3N6O2S. The molecule has 1 aromatic heterocycles. The van der Waals surface area contributed by atoms with Gasteiger partial charge in [-0.1, -0.05) is 61.5 Å². The third-order valence-corrected chi connectivity index (χ3v) is 9.14. The number of ether oxygens (including phenoxy) is 1. The van der Waals surface area contributed by atoms with E-state index in [0.717, 1.165) is 53.4 Å². The average molecular weight is 649 g/mol. The number of urea groups is 1. The van der Waals surface area contributed by atoms with Crippen molar-refractivity contribution in [2.75, 3.05) is 10.7 Å². The number of amides is 2. The van der Waals surface area contributed by atoms with Gasteiger partial charge in [0.15, 0.2) is 11.0 Å². The molecule has 0 spiro atoms. The van der Waals surface area contributed by atoms with Crippen molar-refractivity contribution in [3.63, 3.8) is 0 Å². The lowest BCUT2D eigenvalue weighted by molar-refractivity contribution is -0.274. The summed E-state index contributed by atoms with van der Waals surface area (Å²) in [5.74, 6) is 1.30. The van der Waals surface area contributed by atoms with Crippen LogP contribution in [0.3, 0.4) is 0 Å². The molecule has 2 fully saturated rings. The number of alkyl halides is 3. The van der Waals surface area contributed by atoms with Crippen LogP contribution in [0.15, 0.2) is 78.0 Å². The van der Waals surface area contributed by atoms with E-state index in [9.17, 15) is 18.0 Å². The van der Waals surface area contributed by atoms with Crippen LogP contribution in [0, 0.1) is 6.92 Å². The van der Waals surface area contributed by atoms with Crippen molar-refractivity contribution in [2.24, 2.45) is 4.99 Å². The van der Waals surface area contributed by atoms with E-state index >= 15 is 0 Å². The monoisotopic (exact) mass is 648 g/mol. The topological polar surface area (TPSA) is 84.6 Å². The first-order chi connectivity index (χ1) is 22.1. The molecule has 0 radical (unpaired) electrons. The second kappa shape index (κ2) is 13.2. The predicted molar refractivity (Wildman–Crippen MR) is 175 cm³/mol. The average Bonchev–Trinajstić information content (AvgIpc) is 3.59. The summed E-state index contributed by atoms with van der Waals surface area (Å²) in [6.07, 6.45) is 0.639. The SMILES string of the molecule is CCCc1ccc(C)cc1N1/C(=N/C(=O)NC2CC2c2ccc(-c3ncn(-c4ccc(OC(F)(F)F)cc4)n3)cc2)SCCC1C. The van der Waals surface area contributed by atoms with E-state index in [1.54, 1.807) is 11.8 Å². The number of aliphatic imine (C=N–C) groups is 1. The van der Waals surface area contributed by atoms with Gasteiger partial charge in [0.1, 0.15) is 12.1 Å². The maximum atomic E-state index is 13.1. The van der Waals surface area contributed by atoms with E-state index in [1.165, 1.54) is 46.4 Å². The smallest absolute Gasteiger partial charge is 0.406 e. The number of carbonyl (C=O) groups excluding carboxylic acids is 1. The molecule has 3 aromatic carbocycles. The summed E-state index contributed by atoms with van der Waals surface area (Å²) in [6, 6.07) is 19.8. The lowest BCUT2D eigenvalue weighted by atomic mass is 10.0. The second-order valence-corrected chi connectivity index (χ2v) is 12.8. The van der Waals surface area contributed by atoms with Crippen LogP contribution >= 0.6 is 11.8 Å². The number of rotatable bonds is 8. The quantitative estimate of drug-likeness (QED) is 0.208. The van der Waals surface area contributed by atoms with E-state index in [-0.39, 0.29) is 29.8 Å². The molecule has 1 N–H and O–H groups in total. The largest absolute Gasteiger partial charge is 0.573 e. The van der Waals surface area contributed by atoms with E-state index in [0.29, 0.717) is 11.5 Å². The summed E-state index contributed by atoms with van der Waals surface area (Å²) in [7, 11) is 0. The minimum atomic E-state index is -4.75. The van der Waals surface area contributed by atoms with Gasteiger partial charge in [0, 0.05) is 35.0 Å². The summed E-state index contributed by atoms with van der Waals surface area (Å²) < 4.78 is 42.8. The van der Waals surface area contributed by atoms with Crippen molar-refractivity contribution < 1.29 is 22.7 Å². The van der Waals surface area contributed by atoms with Gasteiger partial charge in [-0.15, -0.1) is 18.3 Å². The Morgan fingerprint density at radius 1 is 1.11 bits per heavy atom. The van der Waals surface area contributed by atoms with Gasteiger partial charge in [-0.3, -0.25) is 0 Å². The maximum Gasteiger partial charge on any atom is 0.573 e. The number of halogens is 3. The zero-order valence-corrected chi connectivity index (χ0v) is 26.6. The normalized spacial score (nSPS) is 20.5. The zero-order chi connectivity index (χ0) is 32.4. The number of hydrogen-bond donors (Lipinski definition) is 1. The molecule has 1 saturated heterocycles. The summed E-state index contributed by atoms with van der Waals surface area (Å²) in [4.78, 5) is 24.3. The number of carbonyl (C=O) groups is 1. The van der Waals surface area contributed by atoms with Gasteiger partial charge in [-0.2, -0.15) is 4.99 Å². The van der Waals surface area contributed by atoms with Crippen molar-refractivity contribution in [1.82, 2.24) is 20.1 Å². The number of anilines is 1. The van der Waals surface area contributed by atoms with E-state index < -0.39 is 6.36 Å². The van der Waals surface area contributed by atoms with Crippen molar-refractivity contribution in [3.05, 3.63) is 89.7 Å². The second-order valence-electron chi connectivity index (χ2n) is 11.7. The molecule has 8 nitrogen and oxygen atoms in total. The Balaban J connectivity index is 1.09. The fourth-order valence-corrected chi connectivity index (χ4v) is 6.92. The summed E-state index contributed by atoms with van der Waals surface area (Å²) in [6.45, 7) is 6.47. The number of nitrogens with one attached hydrogen (secondary N) is 1. The van der Waals surface area contributed by atoms with E-state index in [1.807, 2.05) is 24.3 Å². The van der Waals surface area contributed by atoms with Gasteiger partial charge in [0.05, 0.1) is 5.69 Å². The molecule has 240 valence electrons. The standard InChI is InChI=1S/C34H35F3N6O2S/c1-4-5-24-7-6-21(2)18-30(24)43-22(3)16-17-46-33(43)40-32(44)39-29-19-28(29)23-8-10-25(11-9-23)31-38-20-42(41-31)26-12-14-27(15-13-26)45-34(35,36)37/h6-15,18,20,22,28-29H,4-5,16-17,19H2,1-3H3,(H,39,44)/b40-33-. The highest BCUT2D eigenvalue weighted by Crippen LogP contribution is 2.41. The van der Waals surface area contributed by atoms with E-state index in [4.69, 9.17) is 0 Å². The molecule has 3 atom stereocenters. The molecule has 6 rings (SSSR count). The lowest BCUT2D eigenvalue weighted by Gasteiger charge is -2.37. The minimum absolute atomic E-state index is 0.0124.